The Hall–Kier alpha value is -2.63. The molecule has 6 heteroatoms. The zero-order valence-electron chi connectivity index (χ0n) is 12.8. The molecule has 0 aliphatic carbocycles. The molecule has 0 saturated heterocycles. The highest BCUT2D eigenvalue weighted by atomic mass is 19.1. The van der Waals surface area contributed by atoms with E-state index in [1.54, 1.807) is 25.1 Å². The largest absolute Gasteiger partial charge is 0.505 e. The van der Waals surface area contributed by atoms with Crippen molar-refractivity contribution in [2.75, 3.05) is 6.61 Å². The molecule has 0 amide bonds. The fourth-order valence-electron chi connectivity index (χ4n) is 1.49. The number of benzene rings is 2. The van der Waals surface area contributed by atoms with Crippen LogP contribution in [0.25, 0.3) is 0 Å². The molecule has 0 aromatic heterocycles. The van der Waals surface area contributed by atoms with E-state index in [-0.39, 0.29) is 18.1 Å². The van der Waals surface area contributed by atoms with Crippen molar-refractivity contribution in [3.8, 4) is 11.5 Å². The summed E-state index contributed by atoms with van der Waals surface area (Å²) in [5.41, 5.74) is 0. The van der Waals surface area contributed by atoms with Crippen LogP contribution in [0.4, 0.5) is 8.78 Å². The third-order valence-electron chi connectivity index (χ3n) is 2.61. The zero-order valence-corrected chi connectivity index (χ0v) is 12.8. The minimum absolute atomic E-state index is 0.0538. The molecular formula is C17H18F2O4. The summed E-state index contributed by atoms with van der Waals surface area (Å²) in [4.78, 5) is 11.2. The zero-order chi connectivity index (χ0) is 17.2. The van der Waals surface area contributed by atoms with Crippen molar-refractivity contribution in [2.45, 2.75) is 20.0 Å². The molecule has 0 spiro atoms. The van der Waals surface area contributed by atoms with Crippen molar-refractivity contribution >= 4 is 5.97 Å². The van der Waals surface area contributed by atoms with Crippen molar-refractivity contribution in [1.82, 2.24) is 0 Å². The van der Waals surface area contributed by atoms with E-state index in [0.717, 1.165) is 0 Å². The number of carbonyl (C=O) groups excluding carboxylic acids is 1. The van der Waals surface area contributed by atoms with Gasteiger partial charge in [-0.1, -0.05) is 24.3 Å². The Morgan fingerprint density at radius 1 is 1.09 bits per heavy atom. The third kappa shape index (κ3) is 6.34. The summed E-state index contributed by atoms with van der Waals surface area (Å²) in [5, 5.41) is 8.54. The molecule has 0 saturated carbocycles. The maximum absolute atomic E-state index is 13.1. The van der Waals surface area contributed by atoms with Crippen LogP contribution in [0.1, 0.15) is 13.8 Å². The number of esters is 1. The van der Waals surface area contributed by atoms with Gasteiger partial charge in [0.1, 0.15) is 0 Å². The molecule has 1 unspecified atom stereocenters. The van der Waals surface area contributed by atoms with Crippen molar-refractivity contribution < 1.29 is 28.2 Å². The Balaban J connectivity index is 0.000000277. The Kier molecular flexibility index (Phi) is 7.53. The standard InChI is InChI=1S/C11H13FO3.C6H5FO/c1-3-14-11(13)8(2)15-10-7-5-4-6-9(10)12;7-5-3-1-2-4-6(5)8/h4-8H,3H2,1-2H3;1-4,8H. The van der Waals surface area contributed by atoms with Crippen LogP contribution in [0.5, 0.6) is 11.5 Å². The van der Waals surface area contributed by atoms with Crippen LogP contribution in [-0.2, 0) is 9.53 Å². The topological polar surface area (TPSA) is 55.8 Å². The number of halogens is 2. The van der Waals surface area contributed by atoms with Crippen LogP contribution in [0.15, 0.2) is 48.5 Å². The lowest BCUT2D eigenvalue weighted by molar-refractivity contribution is -0.150. The molecule has 124 valence electrons. The Morgan fingerprint density at radius 3 is 2.13 bits per heavy atom. The monoisotopic (exact) mass is 324 g/mol. The average molecular weight is 324 g/mol. The molecule has 0 bridgehead atoms. The molecule has 2 aromatic rings. The predicted molar refractivity (Wildman–Crippen MR) is 81.2 cm³/mol. The van der Waals surface area contributed by atoms with Crippen LogP contribution in [0, 0.1) is 11.6 Å². The minimum atomic E-state index is -0.804. The highest BCUT2D eigenvalue weighted by Gasteiger charge is 2.16. The van der Waals surface area contributed by atoms with Gasteiger partial charge in [-0.3, -0.25) is 0 Å². The summed E-state index contributed by atoms with van der Waals surface area (Å²) >= 11 is 0. The van der Waals surface area contributed by atoms with E-state index in [4.69, 9.17) is 14.6 Å². The predicted octanol–water partition coefficient (Wildman–Crippen LogP) is 3.69. The first kappa shape index (κ1) is 18.4. The number of phenols is 1. The van der Waals surface area contributed by atoms with E-state index < -0.39 is 23.7 Å². The maximum Gasteiger partial charge on any atom is 0.347 e. The minimum Gasteiger partial charge on any atom is -0.505 e. The van der Waals surface area contributed by atoms with Gasteiger partial charge in [0.2, 0.25) is 0 Å². The molecule has 23 heavy (non-hydrogen) atoms. The van der Waals surface area contributed by atoms with E-state index in [9.17, 15) is 13.6 Å². The van der Waals surface area contributed by atoms with Gasteiger partial charge in [-0.15, -0.1) is 0 Å². The Morgan fingerprint density at radius 2 is 1.65 bits per heavy atom. The molecule has 2 rings (SSSR count). The second-order valence-corrected chi connectivity index (χ2v) is 4.39. The van der Waals surface area contributed by atoms with E-state index in [1.807, 2.05) is 0 Å². The summed E-state index contributed by atoms with van der Waals surface area (Å²) in [5.74, 6) is -1.81. The molecule has 0 radical (unpaired) electrons. The Labute approximate surface area is 133 Å². The lowest BCUT2D eigenvalue weighted by atomic mass is 10.3. The normalized spacial score (nSPS) is 11.0. The van der Waals surface area contributed by atoms with Gasteiger partial charge < -0.3 is 14.6 Å². The van der Waals surface area contributed by atoms with Gasteiger partial charge in [-0.2, -0.15) is 0 Å². The van der Waals surface area contributed by atoms with Crippen LogP contribution < -0.4 is 4.74 Å². The molecule has 4 nitrogen and oxygen atoms in total. The van der Waals surface area contributed by atoms with Gasteiger partial charge >= 0.3 is 5.97 Å². The first-order chi connectivity index (χ1) is 11.0. The van der Waals surface area contributed by atoms with Gasteiger partial charge in [0.25, 0.3) is 0 Å². The van der Waals surface area contributed by atoms with Gasteiger partial charge in [-0.05, 0) is 38.1 Å². The summed E-state index contributed by atoms with van der Waals surface area (Å²) < 4.78 is 35.0. The van der Waals surface area contributed by atoms with E-state index in [2.05, 4.69) is 0 Å². The first-order valence-electron chi connectivity index (χ1n) is 6.97. The second-order valence-electron chi connectivity index (χ2n) is 4.39. The highest BCUT2D eigenvalue weighted by Crippen LogP contribution is 2.17. The fraction of sp³-hybridized carbons (Fsp3) is 0.235. The van der Waals surface area contributed by atoms with E-state index in [0.29, 0.717) is 0 Å². The summed E-state index contributed by atoms with van der Waals surface area (Å²) in [6.45, 7) is 3.50. The number of para-hydroxylation sites is 2. The number of aromatic hydroxyl groups is 1. The van der Waals surface area contributed by atoms with Crippen molar-refractivity contribution in [2.24, 2.45) is 0 Å². The van der Waals surface area contributed by atoms with Crippen molar-refractivity contribution in [3.63, 3.8) is 0 Å². The molecule has 0 heterocycles. The molecule has 2 aromatic carbocycles. The molecule has 1 atom stereocenters. The first-order valence-corrected chi connectivity index (χ1v) is 6.97. The smallest absolute Gasteiger partial charge is 0.347 e. The van der Waals surface area contributed by atoms with Crippen LogP contribution in [0.3, 0.4) is 0 Å². The lowest BCUT2D eigenvalue weighted by Crippen LogP contribution is -2.26. The lowest BCUT2D eigenvalue weighted by Gasteiger charge is -2.13. The number of phenolic OH excluding ortho intramolecular Hbond substituents is 1. The van der Waals surface area contributed by atoms with Gasteiger partial charge in [0, 0.05) is 0 Å². The number of ether oxygens (including phenoxy) is 2. The van der Waals surface area contributed by atoms with Gasteiger partial charge in [-0.25, -0.2) is 13.6 Å². The SMILES string of the molecule is CCOC(=O)C(C)Oc1ccccc1F.Oc1ccccc1F. The Bertz CT molecular complexity index is 610. The van der Waals surface area contributed by atoms with Crippen LogP contribution in [0.2, 0.25) is 0 Å². The van der Waals surface area contributed by atoms with Crippen LogP contribution in [-0.4, -0.2) is 23.8 Å². The fourth-order valence-corrected chi connectivity index (χ4v) is 1.49. The third-order valence-corrected chi connectivity index (χ3v) is 2.61. The number of rotatable bonds is 4. The molecule has 0 aliphatic rings. The molecule has 0 fully saturated rings. The van der Waals surface area contributed by atoms with E-state index in [1.165, 1.54) is 37.3 Å². The summed E-state index contributed by atoms with van der Waals surface area (Å²) in [6, 6.07) is 11.5. The van der Waals surface area contributed by atoms with Gasteiger partial charge in [0.05, 0.1) is 6.61 Å². The molecule has 0 aliphatic heterocycles. The number of hydrogen-bond donors (Lipinski definition) is 1. The van der Waals surface area contributed by atoms with E-state index >= 15 is 0 Å². The van der Waals surface area contributed by atoms with Crippen LogP contribution >= 0.6 is 0 Å². The summed E-state index contributed by atoms with van der Waals surface area (Å²) in [6.07, 6.45) is -0.804. The van der Waals surface area contributed by atoms with Gasteiger partial charge in [0.15, 0.2) is 29.2 Å². The molecular weight excluding hydrogens is 306 g/mol. The average Bonchev–Trinajstić information content (AvgIpc) is 2.53. The molecule has 1 N–H and O–H groups in total. The highest BCUT2D eigenvalue weighted by molar-refractivity contribution is 5.74. The van der Waals surface area contributed by atoms with Crippen molar-refractivity contribution in [1.29, 1.82) is 0 Å². The number of carbonyl (C=O) groups is 1. The maximum atomic E-state index is 13.1. The second kappa shape index (κ2) is 9.40. The quantitative estimate of drug-likeness (QED) is 0.872. The van der Waals surface area contributed by atoms with Crippen molar-refractivity contribution in [3.05, 3.63) is 60.2 Å². The summed E-state index contributed by atoms with van der Waals surface area (Å²) in [7, 11) is 0. The number of hydrogen-bond acceptors (Lipinski definition) is 4.